The van der Waals surface area contributed by atoms with Crippen molar-refractivity contribution in [1.29, 1.82) is 0 Å². The standard InChI is InChI=1S/C13H18F3NO2Si/c1-20(2,3)9-8-19-12(18)17-11-6-4-10(5-7-11)13(14,15)16/h4-7H,8-9H2,1-3H3,(H,17,18). The van der Waals surface area contributed by atoms with Gasteiger partial charge in [-0.1, -0.05) is 19.6 Å². The first-order valence-corrected chi connectivity index (χ1v) is 9.90. The van der Waals surface area contributed by atoms with Crippen molar-refractivity contribution in [2.75, 3.05) is 11.9 Å². The molecule has 112 valence electrons. The largest absolute Gasteiger partial charge is 0.450 e. The van der Waals surface area contributed by atoms with Crippen LogP contribution in [0.1, 0.15) is 5.56 Å². The van der Waals surface area contributed by atoms with Gasteiger partial charge >= 0.3 is 12.3 Å². The van der Waals surface area contributed by atoms with E-state index in [-0.39, 0.29) is 5.69 Å². The van der Waals surface area contributed by atoms with Crippen molar-refractivity contribution in [3.8, 4) is 0 Å². The normalized spacial score (nSPS) is 12.1. The second kappa shape index (κ2) is 6.30. The van der Waals surface area contributed by atoms with Gasteiger partial charge in [0.15, 0.2) is 0 Å². The summed E-state index contributed by atoms with van der Waals surface area (Å²) in [4.78, 5) is 11.4. The quantitative estimate of drug-likeness (QED) is 0.826. The maximum Gasteiger partial charge on any atom is 0.416 e. The zero-order valence-corrected chi connectivity index (χ0v) is 12.7. The highest BCUT2D eigenvalue weighted by molar-refractivity contribution is 6.76. The molecule has 3 nitrogen and oxygen atoms in total. The summed E-state index contributed by atoms with van der Waals surface area (Å²) in [5.74, 6) is 0. The summed E-state index contributed by atoms with van der Waals surface area (Å²) in [5.41, 5.74) is -0.480. The molecule has 0 aromatic heterocycles. The van der Waals surface area contributed by atoms with Crippen molar-refractivity contribution in [3.05, 3.63) is 29.8 Å². The molecular weight excluding hydrogens is 287 g/mol. The number of carbonyl (C=O) groups is 1. The lowest BCUT2D eigenvalue weighted by Crippen LogP contribution is -2.24. The highest BCUT2D eigenvalue weighted by Crippen LogP contribution is 2.29. The average Bonchev–Trinajstić information content (AvgIpc) is 2.26. The summed E-state index contributed by atoms with van der Waals surface area (Å²) in [5, 5.41) is 2.39. The molecule has 0 aliphatic rings. The van der Waals surface area contributed by atoms with Gasteiger partial charge < -0.3 is 4.74 Å². The van der Waals surface area contributed by atoms with Gasteiger partial charge in [-0.3, -0.25) is 5.32 Å². The van der Waals surface area contributed by atoms with Crippen LogP contribution in [-0.4, -0.2) is 20.8 Å². The van der Waals surface area contributed by atoms with Crippen molar-refractivity contribution >= 4 is 19.9 Å². The maximum absolute atomic E-state index is 12.4. The molecule has 1 aromatic carbocycles. The van der Waals surface area contributed by atoms with E-state index in [2.05, 4.69) is 25.0 Å². The summed E-state index contributed by atoms with van der Waals surface area (Å²) >= 11 is 0. The van der Waals surface area contributed by atoms with Crippen LogP contribution in [0.4, 0.5) is 23.7 Å². The van der Waals surface area contributed by atoms with E-state index in [1.54, 1.807) is 0 Å². The van der Waals surface area contributed by atoms with Gasteiger partial charge in [-0.2, -0.15) is 13.2 Å². The molecule has 0 saturated heterocycles. The van der Waals surface area contributed by atoms with Crippen LogP contribution in [0.25, 0.3) is 0 Å². The van der Waals surface area contributed by atoms with Crippen molar-refractivity contribution in [2.45, 2.75) is 31.9 Å². The minimum absolute atomic E-state index is 0.274. The molecular formula is C13H18F3NO2Si. The number of benzene rings is 1. The van der Waals surface area contributed by atoms with Gasteiger partial charge in [-0.05, 0) is 30.3 Å². The third-order valence-corrected chi connectivity index (χ3v) is 4.25. The van der Waals surface area contributed by atoms with Gasteiger partial charge in [0.25, 0.3) is 0 Å². The Morgan fingerprint density at radius 1 is 1.20 bits per heavy atom. The van der Waals surface area contributed by atoms with Gasteiger partial charge in [0, 0.05) is 13.8 Å². The van der Waals surface area contributed by atoms with Crippen molar-refractivity contribution in [3.63, 3.8) is 0 Å². The Labute approximate surface area is 117 Å². The second-order valence-electron chi connectivity index (χ2n) is 5.65. The van der Waals surface area contributed by atoms with E-state index in [1.807, 2.05) is 0 Å². The lowest BCUT2D eigenvalue weighted by atomic mass is 10.2. The fraction of sp³-hybridized carbons (Fsp3) is 0.462. The summed E-state index contributed by atoms with van der Waals surface area (Å²) in [7, 11) is -1.27. The Hall–Kier alpha value is -1.50. The van der Waals surface area contributed by atoms with Gasteiger partial charge in [0.1, 0.15) is 0 Å². The van der Waals surface area contributed by atoms with Crippen LogP contribution in [-0.2, 0) is 10.9 Å². The molecule has 0 heterocycles. The number of hydrogen-bond donors (Lipinski definition) is 1. The lowest BCUT2D eigenvalue weighted by Gasteiger charge is -2.15. The molecule has 0 aliphatic heterocycles. The third kappa shape index (κ3) is 6.09. The second-order valence-corrected chi connectivity index (χ2v) is 11.3. The minimum atomic E-state index is -4.38. The van der Waals surface area contributed by atoms with Crippen LogP contribution in [0.3, 0.4) is 0 Å². The molecule has 7 heteroatoms. The summed E-state index contributed by atoms with van der Waals surface area (Å²) < 4.78 is 42.0. The predicted octanol–water partition coefficient (Wildman–Crippen LogP) is 4.59. The van der Waals surface area contributed by atoms with Gasteiger partial charge in [-0.25, -0.2) is 4.79 Å². The van der Waals surface area contributed by atoms with E-state index < -0.39 is 25.9 Å². The van der Waals surface area contributed by atoms with E-state index in [0.29, 0.717) is 6.61 Å². The van der Waals surface area contributed by atoms with E-state index in [0.717, 1.165) is 18.2 Å². The number of rotatable bonds is 4. The molecule has 0 aliphatic carbocycles. The SMILES string of the molecule is C[Si](C)(C)CCOC(=O)Nc1ccc(C(F)(F)F)cc1. The molecule has 1 rings (SSSR count). The highest BCUT2D eigenvalue weighted by atomic mass is 28.3. The fourth-order valence-corrected chi connectivity index (χ4v) is 2.06. The molecule has 1 amide bonds. The molecule has 0 fully saturated rings. The van der Waals surface area contributed by atoms with Crippen LogP contribution in [0.2, 0.25) is 25.7 Å². The van der Waals surface area contributed by atoms with E-state index in [4.69, 9.17) is 4.74 Å². The van der Waals surface area contributed by atoms with Gasteiger partial charge in [0.05, 0.1) is 12.2 Å². The van der Waals surface area contributed by atoms with E-state index in [1.165, 1.54) is 12.1 Å². The monoisotopic (exact) mass is 305 g/mol. The number of nitrogens with one attached hydrogen (secondary N) is 1. The molecule has 1 N–H and O–H groups in total. The molecule has 0 atom stereocenters. The number of ether oxygens (including phenoxy) is 1. The Morgan fingerprint density at radius 2 is 1.75 bits per heavy atom. The number of anilines is 1. The first kappa shape index (κ1) is 16.6. The van der Waals surface area contributed by atoms with Crippen molar-refractivity contribution < 1.29 is 22.7 Å². The van der Waals surface area contributed by atoms with Crippen molar-refractivity contribution in [2.24, 2.45) is 0 Å². The number of halogens is 3. The lowest BCUT2D eigenvalue weighted by molar-refractivity contribution is -0.137. The minimum Gasteiger partial charge on any atom is -0.450 e. The Morgan fingerprint density at radius 3 is 2.20 bits per heavy atom. The molecule has 0 radical (unpaired) electrons. The number of hydrogen-bond acceptors (Lipinski definition) is 2. The number of carbonyl (C=O) groups excluding carboxylic acids is 1. The third-order valence-electron chi connectivity index (χ3n) is 2.54. The Bertz CT molecular complexity index is 452. The molecule has 0 unspecified atom stereocenters. The number of alkyl halides is 3. The van der Waals surface area contributed by atoms with Gasteiger partial charge in [0.2, 0.25) is 0 Å². The molecule has 20 heavy (non-hydrogen) atoms. The van der Waals surface area contributed by atoms with E-state index in [9.17, 15) is 18.0 Å². The van der Waals surface area contributed by atoms with Crippen LogP contribution in [0, 0.1) is 0 Å². The molecule has 1 aromatic rings. The summed E-state index contributed by atoms with van der Waals surface area (Å²) in [6.45, 7) is 6.79. The summed E-state index contributed by atoms with van der Waals surface area (Å²) in [6.07, 6.45) is -5.03. The fourth-order valence-electron chi connectivity index (χ4n) is 1.35. The molecule has 0 spiro atoms. The van der Waals surface area contributed by atoms with Crippen molar-refractivity contribution in [1.82, 2.24) is 0 Å². The van der Waals surface area contributed by atoms with Crippen LogP contribution < -0.4 is 5.32 Å². The smallest absolute Gasteiger partial charge is 0.416 e. The molecule has 0 saturated carbocycles. The first-order chi connectivity index (χ1) is 9.08. The Kier molecular flexibility index (Phi) is 5.21. The topological polar surface area (TPSA) is 38.3 Å². The maximum atomic E-state index is 12.4. The number of amides is 1. The van der Waals surface area contributed by atoms with Crippen LogP contribution >= 0.6 is 0 Å². The zero-order valence-electron chi connectivity index (χ0n) is 11.7. The van der Waals surface area contributed by atoms with Crippen LogP contribution in [0.15, 0.2) is 24.3 Å². The zero-order chi connectivity index (χ0) is 15.4. The van der Waals surface area contributed by atoms with E-state index >= 15 is 0 Å². The molecule has 0 bridgehead atoms. The first-order valence-electron chi connectivity index (χ1n) is 6.19. The highest BCUT2D eigenvalue weighted by Gasteiger charge is 2.30. The predicted molar refractivity (Wildman–Crippen MR) is 74.6 cm³/mol. The Balaban J connectivity index is 2.47. The van der Waals surface area contributed by atoms with Crippen LogP contribution in [0.5, 0.6) is 0 Å². The summed E-state index contributed by atoms with van der Waals surface area (Å²) in [6, 6.07) is 5.06. The van der Waals surface area contributed by atoms with Gasteiger partial charge in [-0.15, -0.1) is 0 Å². The average molecular weight is 305 g/mol.